The van der Waals surface area contributed by atoms with Crippen molar-refractivity contribution < 1.29 is 36.6 Å². The van der Waals surface area contributed by atoms with Crippen LogP contribution in [0.2, 0.25) is 0 Å². The molecule has 0 aromatic heterocycles. The van der Waals surface area contributed by atoms with Gasteiger partial charge in [0.05, 0.1) is 17.2 Å². The van der Waals surface area contributed by atoms with Crippen LogP contribution in [0.25, 0.3) is 0 Å². The van der Waals surface area contributed by atoms with Crippen LogP contribution in [-0.4, -0.2) is 22.1 Å². The van der Waals surface area contributed by atoms with Crippen LogP contribution in [0.15, 0.2) is 18.2 Å². The smallest absolute Gasteiger partial charge is 0.389 e. The van der Waals surface area contributed by atoms with Crippen LogP contribution >= 0.6 is 12.6 Å². The quantitative estimate of drug-likeness (QED) is 0.592. The van der Waals surface area contributed by atoms with Crippen LogP contribution in [-0.2, 0) is 12.4 Å². The maximum atomic E-state index is 12.8. The minimum atomic E-state index is -5.09. The zero-order valence-electron chi connectivity index (χ0n) is 9.70. The van der Waals surface area contributed by atoms with Gasteiger partial charge >= 0.3 is 12.4 Å². The van der Waals surface area contributed by atoms with Gasteiger partial charge in [0.1, 0.15) is 6.10 Å². The number of hydrogen-bond donors (Lipinski definition) is 3. The molecule has 0 aliphatic carbocycles. The zero-order chi connectivity index (χ0) is 15.7. The van der Waals surface area contributed by atoms with E-state index in [0.717, 1.165) is 0 Å². The number of alkyl halides is 6. The van der Waals surface area contributed by atoms with Crippen molar-refractivity contribution in [2.24, 2.45) is 0 Å². The van der Waals surface area contributed by atoms with Gasteiger partial charge in [-0.25, -0.2) is 0 Å². The first-order chi connectivity index (χ1) is 9.00. The summed E-state index contributed by atoms with van der Waals surface area (Å²) in [5.41, 5.74) is -4.67. The molecule has 0 aliphatic rings. The van der Waals surface area contributed by atoms with E-state index >= 15 is 0 Å². The molecule has 1 rings (SSSR count). The van der Waals surface area contributed by atoms with Gasteiger partial charge in [-0.3, -0.25) is 0 Å². The monoisotopic (exact) mass is 320 g/mol. The molecular weight excluding hydrogens is 310 g/mol. The summed E-state index contributed by atoms with van der Waals surface area (Å²) in [7, 11) is 0. The molecule has 9 heteroatoms. The molecule has 1 aromatic carbocycles. The second-order valence-electron chi connectivity index (χ2n) is 3.96. The fourth-order valence-corrected chi connectivity index (χ4v) is 1.87. The number of thiol groups is 1. The molecule has 0 saturated heterocycles. The Morgan fingerprint density at radius 1 is 0.950 bits per heavy atom. The molecular formula is C11H10F6O2S. The van der Waals surface area contributed by atoms with E-state index < -0.39 is 47.0 Å². The minimum Gasteiger partial charge on any atom is -0.389 e. The third kappa shape index (κ3) is 3.58. The lowest BCUT2D eigenvalue weighted by Crippen LogP contribution is -2.26. The Kier molecular flexibility index (Phi) is 4.99. The number of hydrogen-bond acceptors (Lipinski definition) is 3. The van der Waals surface area contributed by atoms with Crippen molar-refractivity contribution in [3.05, 3.63) is 34.9 Å². The Balaban J connectivity index is 3.57. The Morgan fingerprint density at radius 2 is 1.35 bits per heavy atom. The lowest BCUT2D eigenvalue weighted by Gasteiger charge is -2.24. The van der Waals surface area contributed by atoms with Crippen molar-refractivity contribution in [1.82, 2.24) is 0 Å². The van der Waals surface area contributed by atoms with Gasteiger partial charge in [-0.2, -0.15) is 39.0 Å². The number of aliphatic hydroxyl groups is 2. The lowest BCUT2D eigenvalue weighted by atomic mass is 9.93. The van der Waals surface area contributed by atoms with E-state index in [1.54, 1.807) is 0 Å². The van der Waals surface area contributed by atoms with Gasteiger partial charge in [0.25, 0.3) is 0 Å². The third-order valence-electron chi connectivity index (χ3n) is 2.56. The highest BCUT2D eigenvalue weighted by molar-refractivity contribution is 7.80. The molecule has 2 nitrogen and oxygen atoms in total. The van der Waals surface area contributed by atoms with Crippen molar-refractivity contribution >= 4 is 12.6 Å². The summed E-state index contributed by atoms with van der Waals surface area (Å²) >= 11 is 3.55. The fourth-order valence-electron chi connectivity index (χ4n) is 1.67. The van der Waals surface area contributed by atoms with E-state index in [4.69, 9.17) is 0 Å². The molecule has 1 aromatic rings. The molecule has 114 valence electrons. The second kappa shape index (κ2) is 5.82. The van der Waals surface area contributed by atoms with Crippen molar-refractivity contribution in [1.29, 1.82) is 0 Å². The Morgan fingerprint density at radius 3 is 1.65 bits per heavy atom. The highest BCUT2D eigenvalue weighted by Crippen LogP contribution is 2.42. The summed E-state index contributed by atoms with van der Waals surface area (Å²) in [6.07, 6.45) is -14.4. The average Bonchev–Trinajstić information content (AvgIpc) is 2.33. The second-order valence-corrected chi connectivity index (χ2v) is 4.32. The van der Waals surface area contributed by atoms with E-state index in [9.17, 15) is 36.6 Å². The van der Waals surface area contributed by atoms with Crippen molar-refractivity contribution in [2.45, 2.75) is 24.6 Å². The zero-order valence-corrected chi connectivity index (χ0v) is 10.6. The number of rotatable bonds is 3. The van der Waals surface area contributed by atoms with E-state index in [1.165, 1.54) is 0 Å². The van der Waals surface area contributed by atoms with E-state index in [1.807, 2.05) is 0 Å². The normalized spacial score (nSPS) is 16.1. The lowest BCUT2D eigenvalue weighted by molar-refractivity contribution is -0.147. The molecule has 0 bridgehead atoms. The van der Waals surface area contributed by atoms with Gasteiger partial charge < -0.3 is 10.2 Å². The number of halogens is 6. The van der Waals surface area contributed by atoms with Crippen LogP contribution in [0.4, 0.5) is 26.3 Å². The van der Waals surface area contributed by atoms with Crippen LogP contribution in [0.3, 0.4) is 0 Å². The van der Waals surface area contributed by atoms with Crippen molar-refractivity contribution in [3.63, 3.8) is 0 Å². The summed E-state index contributed by atoms with van der Waals surface area (Å²) in [5, 5.41) is 18.9. The molecule has 20 heavy (non-hydrogen) atoms. The molecule has 0 radical (unpaired) electrons. The molecule has 2 N–H and O–H groups in total. The largest absolute Gasteiger partial charge is 0.416 e. The minimum absolute atomic E-state index is 0.416. The van der Waals surface area contributed by atoms with E-state index in [-0.39, 0.29) is 0 Å². The molecule has 0 spiro atoms. The first kappa shape index (κ1) is 17.1. The summed E-state index contributed by atoms with van der Waals surface area (Å²) < 4.78 is 76.6. The maximum absolute atomic E-state index is 12.8. The van der Waals surface area contributed by atoms with Crippen LogP contribution in [0.1, 0.15) is 22.8 Å². The van der Waals surface area contributed by atoms with Gasteiger partial charge in [-0.1, -0.05) is 6.07 Å². The van der Waals surface area contributed by atoms with Gasteiger partial charge in [-0.05, 0) is 12.1 Å². The van der Waals surface area contributed by atoms with Crippen molar-refractivity contribution in [3.8, 4) is 0 Å². The van der Waals surface area contributed by atoms with E-state index in [0.29, 0.717) is 18.2 Å². The summed E-state index contributed by atoms with van der Waals surface area (Å²) in [4.78, 5) is 0. The molecule has 2 unspecified atom stereocenters. The SMILES string of the molecule is OC(CS)C(O)c1c(C(F)(F)F)cccc1C(F)(F)F. The molecule has 0 heterocycles. The van der Waals surface area contributed by atoms with Crippen LogP contribution in [0, 0.1) is 0 Å². The number of benzene rings is 1. The van der Waals surface area contributed by atoms with Crippen molar-refractivity contribution in [2.75, 3.05) is 5.75 Å². The fraction of sp³-hybridized carbons (Fsp3) is 0.455. The van der Waals surface area contributed by atoms with Gasteiger partial charge in [0.15, 0.2) is 0 Å². The predicted molar refractivity (Wildman–Crippen MR) is 61.3 cm³/mol. The summed E-state index contributed by atoms with van der Waals surface area (Å²) in [5.74, 6) is -0.495. The predicted octanol–water partition coefficient (Wildman–Crippen LogP) is 3.05. The molecule has 2 atom stereocenters. The Bertz CT molecular complexity index is 439. The maximum Gasteiger partial charge on any atom is 0.416 e. The number of aliphatic hydroxyl groups excluding tert-OH is 2. The van der Waals surface area contributed by atoms with Gasteiger partial charge in [0.2, 0.25) is 0 Å². The standard InChI is InChI=1S/C11H10F6O2S/c12-10(13,14)5-2-1-3-6(11(15,16)17)8(5)9(19)7(18)4-20/h1-3,7,9,18-20H,4H2. The van der Waals surface area contributed by atoms with E-state index in [2.05, 4.69) is 12.6 Å². The average molecular weight is 320 g/mol. The summed E-state index contributed by atoms with van der Waals surface area (Å²) in [6, 6.07) is 1.42. The van der Waals surface area contributed by atoms with Gasteiger partial charge in [0, 0.05) is 11.3 Å². The van der Waals surface area contributed by atoms with Gasteiger partial charge in [-0.15, -0.1) is 0 Å². The highest BCUT2D eigenvalue weighted by atomic mass is 32.1. The highest BCUT2D eigenvalue weighted by Gasteiger charge is 2.43. The van der Waals surface area contributed by atoms with Crippen LogP contribution in [0.5, 0.6) is 0 Å². The molecule has 0 saturated carbocycles. The Labute approximate surface area is 115 Å². The first-order valence-corrected chi connectivity index (χ1v) is 5.87. The first-order valence-electron chi connectivity index (χ1n) is 5.24. The van der Waals surface area contributed by atoms with Crippen LogP contribution < -0.4 is 0 Å². The summed E-state index contributed by atoms with van der Waals surface area (Å²) in [6.45, 7) is 0. The molecule has 0 fully saturated rings. The molecule has 0 aliphatic heterocycles. The Hall–Kier alpha value is -0.930. The third-order valence-corrected chi connectivity index (χ3v) is 2.94. The topological polar surface area (TPSA) is 40.5 Å². The molecule has 0 amide bonds.